The maximum atomic E-state index is 9.06. The van der Waals surface area contributed by atoms with Gasteiger partial charge in [-0.3, -0.25) is 0 Å². The molecule has 0 aliphatic carbocycles. The van der Waals surface area contributed by atoms with E-state index < -0.39 is 0 Å². The minimum Gasteiger partial charge on any atom is -0.508 e. The predicted molar refractivity (Wildman–Crippen MR) is 50.2 cm³/mol. The molecule has 3 nitrogen and oxygen atoms in total. The van der Waals surface area contributed by atoms with Crippen LogP contribution in [0.15, 0.2) is 36.5 Å². The highest BCUT2D eigenvalue weighted by atomic mass is 35.5. The summed E-state index contributed by atoms with van der Waals surface area (Å²) in [6.45, 7) is 0. The van der Waals surface area contributed by atoms with Gasteiger partial charge >= 0.3 is 0 Å². The number of nitrogens with zero attached hydrogens (tertiary/aromatic N) is 2. The Bertz CT molecular complexity index is 408. The Morgan fingerprint density at radius 2 is 1.85 bits per heavy atom. The van der Waals surface area contributed by atoms with Crippen molar-refractivity contribution in [2.24, 2.45) is 0 Å². The number of hydrogen-bond donors (Lipinski definition) is 1. The lowest BCUT2D eigenvalue weighted by atomic mass is 10.3. The van der Waals surface area contributed by atoms with Crippen LogP contribution in [0.4, 0.5) is 0 Å². The van der Waals surface area contributed by atoms with Crippen LogP contribution < -0.4 is 0 Å². The number of benzene rings is 1. The maximum Gasteiger partial charge on any atom is 0.132 e. The zero-order valence-corrected chi connectivity index (χ0v) is 7.44. The molecule has 0 saturated heterocycles. The molecule has 0 atom stereocenters. The number of aromatic hydroxyl groups is 1. The van der Waals surface area contributed by atoms with Gasteiger partial charge in [0.25, 0.3) is 0 Å². The summed E-state index contributed by atoms with van der Waals surface area (Å²) < 4.78 is 1.58. The summed E-state index contributed by atoms with van der Waals surface area (Å²) in [6.07, 6.45) is 1.62. The van der Waals surface area contributed by atoms with E-state index >= 15 is 0 Å². The summed E-state index contributed by atoms with van der Waals surface area (Å²) in [7, 11) is 0. The molecule has 1 aromatic carbocycles. The van der Waals surface area contributed by atoms with Gasteiger partial charge in [-0.2, -0.15) is 5.10 Å². The second-order valence-electron chi connectivity index (χ2n) is 2.58. The minimum atomic E-state index is 0.229. The molecule has 0 radical (unpaired) electrons. The zero-order valence-electron chi connectivity index (χ0n) is 6.68. The third kappa shape index (κ3) is 1.51. The molecule has 0 spiro atoms. The van der Waals surface area contributed by atoms with Gasteiger partial charge in [-0.15, -0.1) is 0 Å². The first-order valence-corrected chi connectivity index (χ1v) is 4.14. The van der Waals surface area contributed by atoms with Crippen molar-refractivity contribution in [3.8, 4) is 11.4 Å². The Balaban J connectivity index is 2.47. The summed E-state index contributed by atoms with van der Waals surface area (Å²) in [5, 5.41) is 13.6. The van der Waals surface area contributed by atoms with E-state index in [0.29, 0.717) is 5.15 Å². The van der Waals surface area contributed by atoms with Crippen LogP contribution in [0.25, 0.3) is 5.69 Å². The molecule has 0 unspecified atom stereocenters. The molecule has 0 fully saturated rings. The molecule has 1 N–H and O–H groups in total. The Hall–Kier alpha value is -1.48. The highest BCUT2D eigenvalue weighted by Crippen LogP contribution is 2.17. The molecule has 13 heavy (non-hydrogen) atoms. The number of hydrogen-bond acceptors (Lipinski definition) is 2. The average molecular weight is 195 g/mol. The number of halogens is 1. The van der Waals surface area contributed by atoms with Crippen molar-refractivity contribution in [1.82, 2.24) is 9.78 Å². The molecule has 0 saturated carbocycles. The van der Waals surface area contributed by atoms with E-state index in [1.165, 1.54) is 0 Å². The lowest BCUT2D eigenvalue weighted by Gasteiger charge is -2.01. The van der Waals surface area contributed by atoms with Gasteiger partial charge in [0.2, 0.25) is 0 Å². The second-order valence-corrected chi connectivity index (χ2v) is 2.97. The monoisotopic (exact) mass is 194 g/mol. The van der Waals surface area contributed by atoms with Crippen LogP contribution in [-0.4, -0.2) is 14.9 Å². The molecule has 1 aromatic heterocycles. The van der Waals surface area contributed by atoms with Crippen molar-refractivity contribution in [3.63, 3.8) is 0 Å². The third-order valence-corrected chi connectivity index (χ3v) is 1.98. The van der Waals surface area contributed by atoms with Crippen LogP contribution in [0.3, 0.4) is 0 Å². The van der Waals surface area contributed by atoms with E-state index in [4.69, 9.17) is 16.7 Å². The lowest BCUT2D eigenvalue weighted by molar-refractivity contribution is 0.475. The zero-order chi connectivity index (χ0) is 9.26. The summed E-state index contributed by atoms with van der Waals surface area (Å²) >= 11 is 5.85. The van der Waals surface area contributed by atoms with Crippen molar-refractivity contribution < 1.29 is 5.11 Å². The molecular weight excluding hydrogens is 188 g/mol. The normalized spacial score (nSPS) is 10.2. The van der Waals surface area contributed by atoms with Gasteiger partial charge < -0.3 is 5.11 Å². The van der Waals surface area contributed by atoms with Gasteiger partial charge in [0, 0.05) is 0 Å². The number of phenols is 1. The fourth-order valence-electron chi connectivity index (χ4n) is 1.07. The molecule has 2 aromatic rings. The van der Waals surface area contributed by atoms with Crippen LogP contribution >= 0.6 is 11.6 Å². The summed E-state index contributed by atoms with van der Waals surface area (Å²) in [4.78, 5) is 0. The van der Waals surface area contributed by atoms with Gasteiger partial charge in [-0.05, 0) is 30.3 Å². The third-order valence-electron chi connectivity index (χ3n) is 1.69. The smallest absolute Gasteiger partial charge is 0.132 e. The first-order valence-electron chi connectivity index (χ1n) is 3.76. The van der Waals surface area contributed by atoms with Gasteiger partial charge in [-0.25, -0.2) is 4.68 Å². The Kier molecular flexibility index (Phi) is 1.94. The van der Waals surface area contributed by atoms with Crippen LogP contribution in [0, 0.1) is 0 Å². The van der Waals surface area contributed by atoms with Gasteiger partial charge in [0.1, 0.15) is 10.9 Å². The standard InChI is InChI=1S/C9H7ClN2O/c10-9-5-6-11-12(9)7-1-3-8(13)4-2-7/h1-6,13H. The van der Waals surface area contributed by atoms with E-state index in [0.717, 1.165) is 5.69 Å². The van der Waals surface area contributed by atoms with Gasteiger partial charge in [0.05, 0.1) is 11.9 Å². The molecular formula is C9H7ClN2O. The Labute approximate surface area is 80.2 Å². The van der Waals surface area contributed by atoms with Crippen molar-refractivity contribution >= 4 is 11.6 Å². The molecule has 0 aliphatic heterocycles. The highest BCUT2D eigenvalue weighted by molar-refractivity contribution is 6.29. The minimum absolute atomic E-state index is 0.229. The fraction of sp³-hybridized carbons (Fsp3) is 0. The van der Waals surface area contributed by atoms with E-state index in [9.17, 15) is 0 Å². The number of phenolic OH excluding ortho intramolecular Hbond substituents is 1. The molecule has 0 aliphatic rings. The van der Waals surface area contributed by atoms with Crippen LogP contribution in [0.2, 0.25) is 5.15 Å². The molecule has 4 heteroatoms. The number of aromatic nitrogens is 2. The first-order chi connectivity index (χ1) is 6.27. The maximum absolute atomic E-state index is 9.06. The molecule has 0 amide bonds. The van der Waals surface area contributed by atoms with Crippen LogP contribution in [0.5, 0.6) is 5.75 Å². The SMILES string of the molecule is Oc1ccc(-n2nccc2Cl)cc1. The predicted octanol–water partition coefficient (Wildman–Crippen LogP) is 2.23. The summed E-state index contributed by atoms with van der Waals surface area (Å²) in [6, 6.07) is 8.37. The lowest BCUT2D eigenvalue weighted by Crippen LogP contribution is -1.94. The molecule has 2 rings (SSSR count). The van der Waals surface area contributed by atoms with Crippen molar-refractivity contribution in [1.29, 1.82) is 0 Å². The van der Waals surface area contributed by atoms with E-state index in [1.807, 2.05) is 0 Å². The first kappa shape index (κ1) is 8.13. The average Bonchev–Trinajstić information content (AvgIpc) is 2.53. The summed E-state index contributed by atoms with van der Waals surface area (Å²) in [5.41, 5.74) is 0.827. The van der Waals surface area contributed by atoms with Crippen LogP contribution in [-0.2, 0) is 0 Å². The van der Waals surface area contributed by atoms with E-state index in [-0.39, 0.29) is 5.75 Å². The molecule has 0 bridgehead atoms. The highest BCUT2D eigenvalue weighted by Gasteiger charge is 2.00. The van der Waals surface area contributed by atoms with Crippen molar-refractivity contribution in [3.05, 3.63) is 41.7 Å². The van der Waals surface area contributed by atoms with Crippen molar-refractivity contribution in [2.45, 2.75) is 0 Å². The summed E-state index contributed by atoms with van der Waals surface area (Å²) in [5.74, 6) is 0.229. The topological polar surface area (TPSA) is 38.0 Å². The Morgan fingerprint density at radius 3 is 2.38 bits per heavy atom. The van der Waals surface area contributed by atoms with Crippen LogP contribution in [0.1, 0.15) is 0 Å². The Morgan fingerprint density at radius 1 is 1.15 bits per heavy atom. The quantitative estimate of drug-likeness (QED) is 0.756. The van der Waals surface area contributed by atoms with Gasteiger partial charge in [-0.1, -0.05) is 11.6 Å². The largest absolute Gasteiger partial charge is 0.508 e. The van der Waals surface area contributed by atoms with Crippen molar-refractivity contribution in [2.75, 3.05) is 0 Å². The molecule has 1 heterocycles. The number of rotatable bonds is 1. The molecule has 66 valence electrons. The van der Waals surface area contributed by atoms with Gasteiger partial charge in [0.15, 0.2) is 0 Å². The van der Waals surface area contributed by atoms with E-state index in [1.54, 1.807) is 41.2 Å². The second kappa shape index (κ2) is 3.11. The van der Waals surface area contributed by atoms with E-state index in [2.05, 4.69) is 5.10 Å². The fourth-order valence-corrected chi connectivity index (χ4v) is 1.27.